The second-order valence-corrected chi connectivity index (χ2v) is 2.87. The van der Waals surface area contributed by atoms with E-state index in [9.17, 15) is 0 Å². The van der Waals surface area contributed by atoms with Gasteiger partial charge >= 0.3 is 0 Å². The van der Waals surface area contributed by atoms with Gasteiger partial charge in [-0.05, 0) is 25.7 Å². The number of allylic oxidation sites excluding steroid dienone is 4. The molecule has 0 N–H and O–H groups in total. The molecule has 0 bridgehead atoms. The van der Waals surface area contributed by atoms with E-state index in [-0.39, 0.29) is 0 Å². The second kappa shape index (κ2) is 5.14. The minimum absolute atomic E-state index is 0.900. The van der Waals surface area contributed by atoms with Crippen LogP contribution in [-0.2, 0) is 4.74 Å². The molecule has 0 saturated carbocycles. The van der Waals surface area contributed by atoms with Crippen molar-refractivity contribution in [1.82, 2.24) is 0 Å². The third kappa shape index (κ3) is 3.38. The molecule has 0 fully saturated rings. The molecule has 0 saturated heterocycles. The van der Waals surface area contributed by atoms with Crippen LogP contribution in [0.4, 0.5) is 0 Å². The summed E-state index contributed by atoms with van der Waals surface area (Å²) in [5, 5.41) is 0. The third-order valence-corrected chi connectivity index (χ3v) is 1.91. The van der Waals surface area contributed by atoms with Crippen LogP contribution in [0.3, 0.4) is 0 Å². The molecule has 0 radical (unpaired) electrons. The van der Waals surface area contributed by atoms with Crippen molar-refractivity contribution in [1.29, 1.82) is 0 Å². The van der Waals surface area contributed by atoms with Gasteiger partial charge in [-0.2, -0.15) is 0 Å². The average Bonchev–Trinajstić information content (AvgIpc) is 2.50. The smallest absolute Gasteiger partial charge is 0.0462 e. The van der Waals surface area contributed by atoms with Crippen molar-refractivity contribution >= 4 is 0 Å². The molecule has 0 aromatic heterocycles. The van der Waals surface area contributed by atoms with Crippen LogP contribution >= 0.6 is 0 Å². The van der Waals surface area contributed by atoms with E-state index in [1.165, 1.54) is 24.8 Å². The largest absolute Gasteiger partial charge is 0.385 e. The molecule has 11 heavy (non-hydrogen) atoms. The number of ether oxygens (including phenoxy) is 1. The van der Waals surface area contributed by atoms with E-state index < -0.39 is 0 Å². The predicted octanol–water partition coefficient (Wildman–Crippen LogP) is 2.69. The molecule has 1 aliphatic carbocycles. The fraction of sp³-hybridized carbons (Fsp3) is 0.600. The van der Waals surface area contributed by atoms with Crippen molar-refractivity contribution in [3.63, 3.8) is 0 Å². The highest BCUT2D eigenvalue weighted by atomic mass is 16.5. The number of rotatable bonds is 5. The number of hydrogen-bond acceptors (Lipinski definition) is 1. The molecular formula is C10H16O. The summed E-state index contributed by atoms with van der Waals surface area (Å²) in [5.74, 6) is 0. The molecular weight excluding hydrogens is 136 g/mol. The highest BCUT2D eigenvalue weighted by Crippen LogP contribution is 2.15. The van der Waals surface area contributed by atoms with Gasteiger partial charge in [0.15, 0.2) is 0 Å². The molecule has 0 unspecified atom stereocenters. The Morgan fingerprint density at radius 2 is 2.36 bits per heavy atom. The van der Waals surface area contributed by atoms with Gasteiger partial charge < -0.3 is 4.74 Å². The van der Waals surface area contributed by atoms with Gasteiger partial charge in [-0.1, -0.05) is 23.8 Å². The Kier molecular flexibility index (Phi) is 3.99. The van der Waals surface area contributed by atoms with Gasteiger partial charge in [0.25, 0.3) is 0 Å². The van der Waals surface area contributed by atoms with Gasteiger partial charge in [0.05, 0.1) is 0 Å². The Balaban J connectivity index is 1.99. The molecule has 0 atom stereocenters. The van der Waals surface area contributed by atoms with E-state index >= 15 is 0 Å². The van der Waals surface area contributed by atoms with E-state index in [2.05, 4.69) is 18.2 Å². The van der Waals surface area contributed by atoms with Crippen LogP contribution in [0.2, 0.25) is 0 Å². The highest BCUT2D eigenvalue weighted by molar-refractivity contribution is 5.25. The van der Waals surface area contributed by atoms with Crippen molar-refractivity contribution in [2.24, 2.45) is 0 Å². The zero-order chi connectivity index (χ0) is 7.94. The summed E-state index contributed by atoms with van der Waals surface area (Å²) in [6.07, 6.45) is 11.5. The van der Waals surface area contributed by atoms with Crippen LogP contribution in [0.25, 0.3) is 0 Å². The molecule has 0 aliphatic heterocycles. The zero-order valence-corrected chi connectivity index (χ0v) is 7.18. The summed E-state index contributed by atoms with van der Waals surface area (Å²) in [4.78, 5) is 0. The highest BCUT2D eigenvalue weighted by Gasteiger charge is 1.96. The summed E-state index contributed by atoms with van der Waals surface area (Å²) in [7, 11) is 1.76. The summed E-state index contributed by atoms with van der Waals surface area (Å²) >= 11 is 0. The van der Waals surface area contributed by atoms with Crippen LogP contribution in [0.15, 0.2) is 23.8 Å². The first-order valence-electron chi connectivity index (χ1n) is 4.28. The Bertz CT molecular complexity index is 156. The summed E-state index contributed by atoms with van der Waals surface area (Å²) in [5.41, 5.74) is 1.50. The van der Waals surface area contributed by atoms with Crippen LogP contribution < -0.4 is 0 Å². The Labute approximate surface area is 68.8 Å². The van der Waals surface area contributed by atoms with E-state index in [0.717, 1.165) is 13.0 Å². The molecule has 1 rings (SSSR count). The molecule has 0 heterocycles. The predicted molar refractivity (Wildman–Crippen MR) is 47.6 cm³/mol. The first-order valence-corrected chi connectivity index (χ1v) is 4.28. The summed E-state index contributed by atoms with van der Waals surface area (Å²) in [6.45, 7) is 0.900. The fourth-order valence-corrected chi connectivity index (χ4v) is 1.27. The monoisotopic (exact) mass is 152 g/mol. The Morgan fingerprint density at radius 3 is 3.00 bits per heavy atom. The van der Waals surface area contributed by atoms with Crippen molar-refractivity contribution in [2.45, 2.75) is 25.7 Å². The Hall–Kier alpha value is -0.560. The topological polar surface area (TPSA) is 9.23 Å². The Morgan fingerprint density at radius 1 is 1.45 bits per heavy atom. The normalized spacial score (nSPS) is 15.5. The van der Waals surface area contributed by atoms with E-state index in [1.807, 2.05) is 0 Å². The standard InChI is InChI=1S/C10H16O/c1-11-9-5-4-8-10-6-2-3-7-10/h2,6-7H,3-5,8-9H2,1H3. The molecule has 1 nitrogen and oxygen atoms in total. The van der Waals surface area contributed by atoms with E-state index in [1.54, 1.807) is 7.11 Å². The maximum Gasteiger partial charge on any atom is 0.0462 e. The second-order valence-electron chi connectivity index (χ2n) is 2.87. The van der Waals surface area contributed by atoms with Gasteiger partial charge in [-0.25, -0.2) is 0 Å². The molecule has 1 heteroatoms. The lowest BCUT2D eigenvalue weighted by Crippen LogP contribution is -1.88. The van der Waals surface area contributed by atoms with E-state index in [0.29, 0.717) is 0 Å². The van der Waals surface area contributed by atoms with Gasteiger partial charge in [0, 0.05) is 13.7 Å². The molecule has 62 valence electrons. The fourth-order valence-electron chi connectivity index (χ4n) is 1.27. The van der Waals surface area contributed by atoms with Crippen LogP contribution in [0.5, 0.6) is 0 Å². The van der Waals surface area contributed by atoms with Gasteiger partial charge in [-0.15, -0.1) is 0 Å². The zero-order valence-electron chi connectivity index (χ0n) is 7.18. The molecule has 0 aromatic rings. The van der Waals surface area contributed by atoms with Gasteiger partial charge in [0.2, 0.25) is 0 Å². The lowest BCUT2D eigenvalue weighted by molar-refractivity contribution is 0.193. The quantitative estimate of drug-likeness (QED) is 0.550. The minimum Gasteiger partial charge on any atom is -0.385 e. The van der Waals surface area contributed by atoms with Crippen molar-refractivity contribution < 1.29 is 4.74 Å². The first kappa shape index (κ1) is 8.54. The van der Waals surface area contributed by atoms with Crippen LogP contribution in [0, 0.1) is 0 Å². The molecule has 0 spiro atoms. The number of unbranched alkanes of at least 4 members (excludes halogenated alkanes) is 1. The van der Waals surface area contributed by atoms with Gasteiger partial charge in [-0.3, -0.25) is 0 Å². The molecule has 1 aliphatic rings. The summed E-state index contributed by atoms with van der Waals surface area (Å²) in [6, 6.07) is 0. The number of methoxy groups -OCH3 is 1. The van der Waals surface area contributed by atoms with Crippen molar-refractivity contribution in [3.8, 4) is 0 Å². The van der Waals surface area contributed by atoms with Crippen LogP contribution in [-0.4, -0.2) is 13.7 Å². The van der Waals surface area contributed by atoms with Crippen molar-refractivity contribution in [2.75, 3.05) is 13.7 Å². The SMILES string of the molecule is COCCCCC1=CCC=C1. The average molecular weight is 152 g/mol. The van der Waals surface area contributed by atoms with E-state index in [4.69, 9.17) is 4.74 Å². The van der Waals surface area contributed by atoms with Crippen LogP contribution in [0.1, 0.15) is 25.7 Å². The van der Waals surface area contributed by atoms with Gasteiger partial charge in [0.1, 0.15) is 0 Å². The first-order chi connectivity index (χ1) is 5.43. The lowest BCUT2D eigenvalue weighted by Gasteiger charge is -1.98. The molecule has 0 amide bonds. The maximum absolute atomic E-state index is 4.97. The third-order valence-electron chi connectivity index (χ3n) is 1.91. The molecule has 0 aromatic carbocycles. The number of hydrogen-bond donors (Lipinski definition) is 0. The van der Waals surface area contributed by atoms with Crippen molar-refractivity contribution in [3.05, 3.63) is 23.8 Å². The maximum atomic E-state index is 4.97. The minimum atomic E-state index is 0.900. The lowest BCUT2D eigenvalue weighted by atomic mass is 10.1. The summed E-state index contributed by atoms with van der Waals surface area (Å²) < 4.78 is 4.97.